The molecule has 1 aliphatic heterocycles. The van der Waals surface area contributed by atoms with Gasteiger partial charge in [-0.2, -0.15) is 0 Å². The molecule has 2 aliphatic rings. The number of amides is 1. The van der Waals surface area contributed by atoms with Gasteiger partial charge in [0.1, 0.15) is 5.71 Å². The molecule has 2 aromatic rings. The van der Waals surface area contributed by atoms with Crippen molar-refractivity contribution in [1.29, 1.82) is 0 Å². The summed E-state index contributed by atoms with van der Waals surface area (Å²) in [6.45, 7) is -0.246. The third-order valence-electron chi connectivity index (χ3n) is 4.60. The third kappa shape index (κ3) is 3.22. The third-order valence-corrected chi connectivity index (χ3v) is 6.37. The van der Waals surface area contributed by atoms with Gasteiger partial charge in [0.25, 0.3) is 5.91 Å². The molecule has 7 heteroatoms. The van der Waals surface area contributed by atoms with Gasteiger partial charge in [-0.15, -0.1) is 0 Å². The second kappa shape index (κ2) is 6.57. The number of nitrogens with one attached hydrogen (secondary N) is 1. The fourth-order valence-corrected chi connectivity index (χ4v) is 5.10. The molecule has 1 heterocycles. The normalized spacial score (nSPS) is 19.5. The number of oxime groups is 1. The van der Waals surface area contributed by atoms with Gasteiger partial charge >= 0.3 is 0 Å². The van der Waals surface area contributed by atoms with Gasteiger partial charge in [-0.3, -0.25) is 4.79 Å². The molecule has 0 spiro atoms. The van der Waals surface area contributed by atoms with Gasteiger partial charge < -0.3 is 10.2 Å². The SMILES string of the molecule is O=C(CON=C1c2ccccc2-c2ccccc21)NC1CCS(=O)(=O)C1. The van der Waals surface area contributed by atoms with E-state index in [0.29, 0.717) is 12.1 Å². The van der Waals surface area contributed by atoms with Crippen LogP contribution in [0.2, 0.25) is 0 Å². The van der Waals surface area contributed by atoms with Crippen molar-refractivity contribution in [3.8, 4) is 11.1 Å². The molecule has 1 atom stereocenters. The van der Waals surface area contributed by atoms with Gasteiger partial charge in [-0.25, -0.2) is 8.42 Å². The second-order valence-corrected chi connectivity index (χ2v) is 8.70. The maximum atomic E-state index is 12.0. The number of sulfone groups is 1. The first-order valence-electron chi connectivity index (χ1n) is 8.42. The first-order valence-corrected chi connectivity index (χ1v) is 10.2. The minimum atomic E-state index is -3.02. The summed E-state index contributed by atoms with van der Waals surface area (Å²) in [6, 6.07) is 15.5. The standard InChI is InChI=1S/C19H18N2O4S/c22-18(20-13-9-10-26(23,24)12-13)11-25-21-19-16-7-3-1-5-14(16)15-6-2-4-8-17(15)19/h1-8,13H,9-12H2,(H,20,22). The average molecular weight is 370 g/mol. The van der Waals surface area contributed by atoms with Gasteiger partial charge in [0, 0.05) is 17.2 Å². The number of carbonyl (C=O) groups is 1. The Bertz CT molecular complexity index is 951. The molecule has 0 bridgehead atoms. The van der Waals surface area contributed by atoms with Crippen LogP contribution in [0.25, 0.3) is 11.1 Å². The van der Waals surface area contributed by atoms with E-state index in [1.807, 2.05) is 48.5 Å². The zero-order valence-electron chi connectivity index (χ0n) is 14.0. The van der Waals surface area contributed by atoms with Gasteiger partial charge in [-0.05, 0) is 17.5 Å². The molecular weight excluding hydrogens is 352 g/mol. The number of hydrogen-bond acceptors (Lipinski definition) is 5. The largest absolute Gasteiger partial charge is 0.385 e. The average Bonchev–Trinajstić information content (AvgIpc) is 3.13. The zero-order chi connectivity index (χ0) is 18.1. The summed E-state index contributed by atoms with van der Waals surface area (Å²) in [6.07, 6.45) is 0.448. The van der Waals surface area contributed by atoms with Crippen LogP contribution in [0.3, 0.4) is 0 Å². The molecule has 2 aromatic carbocycles. The first-order chi connectivity index (χ1) is 12.5. The molecule has 0 aromatic heterocycles. The Kier molecular flexibility index (Phi) is 4.24. The predicted octanol–water partition coefficient (Wildman–Crippen LogP) is 1.74. The van der Waals surface area contributed by atoms with Crippen LogP contribution in [0, 0.1) is 0 Å². The van der Waals surface area contributed by atoms with Crippen molar-refractivity contribution in [2.24, 2.45) is 5.16 Å². The van der Waals surface area contributed by atoms with Gasteiger partial charge in [0.05, 0.1) is 11.5 Å². The van der Waals surface area contributed by atoms with Crippen molar-refractivity contribution >= 4 is 21.5 Å². The van der Waals surface area contributed by atoms with Crippen LogP contribution in [-0.2, 0) is 19.5 Å². The summed E-state index contributed by atoms with van der Waals surface area (Å²) in [4.78, 5) is 17.3. The molecule has 0 saturated carbocycles. The van der Waals surface area contributed by atoms with Gasteiger partial charge in [0.15, 0.2) is 16.4 Å². The fourth-order valence-electron chi connectivity index (χ4n) is 3.43. The summed E-state index contributed by atoms with van der Waals surface area (Å²) >= 11 is 0. The zero-order valence-corrected chi connectivity index (χ0v) is 14.8. The monoisotopic (exact) mass is 370 g/mol. The maximum Gasteiger partial charge on any atom is 0.261 e. The Morgan fingerprint density at radius 3 is 2.15 bits per heavy atom. The highest BCUT2D eigenvalue weighted by molar-refractivity contribution is 7.91. The quantitative estimate of drug-likeness (QED) is 0.709. The molecular formula is C19H18N2O4S. The fraction of sp³-hybridized carbons (Fsp3) is 0.263. The molecule has 4 rings (SSSR count). The van der Waals surface area contributed by atoms with Crippen LogP contribution in [0.1, 0.15) is 17.5 Å². The summed E-state index contributed by atoms with van der Waals surface area (Å²) in [5.74, 6) is -0.251. The lowest BCUT2D eigenvalue weighted by Gasteiger charge is -2.10. The van der Waals surface area contributed by atoms with E-state index in [-0.39, 0.29) is 30.1 Å². The smallest absolute Gasteiger partial charge is 0.261 e. The van der Waals surface area contributed by atoms with Crippen molar-refractivity contribution in [2.45, 2.75) is 12.5 Å². The highest BCUT2D eigenvalue weighted by atomic mass is 32.2. The lowest BCUT2D eigenvalue weighted by Crippen LogP contribution is -2.37. The van der Waals surface area contributed by atoms with Crippen LogP contribution < -0.4 is 5.32 Å². The number of rotatable bonds is 4. The van der Waals surface area contributed by atoms with Crippen molar-refractivity contribution in [1.82, 2.24) is 5.32 Å². The molecule has 1 unspecified atom stereocenters. The summed E-state index contributed by atoms with van der Waals surface area (Å²) in [5.41, 5.74) is 4.82. The molecule has 26 heavy (non-hydrogen) atoms. The van der Waals surface area contributed by atoms with Crippen LogP contribution in [0.15, 0.2) is 53.7 Å². The van der Waals surface area contributed by atoms with E-state index >= 15 is 0 Å². The van der Waals surface area contributed by atoms with Crippen molar-refractivity contribution in [2.75, 3.05) is 18.1 Å². The predicted molar refractivity (Wildman–Crippen MR) is 98.7 cm³/mol. The van der Waals surface area contributed by atoms with E-state index in [4.69, 9.17) is 4.84 Å². The number of nitrogens with zero attached hydrogens (tertiary/aromatic N) is 1. The molecule has 1 aliphatic carbocycles. The highest BCUT2D eigenvalue weighted by Gasteiger charge is 2.29. The van der Waals surface area contributed by atoms with Crippen LogP contribution in [0.4, 0.5) is 0 Å². The molecule has 1 amide bonds. The van der Waals surface area contributed by atoms with Crippen LogP contribution in [-0.4, -0.2) is 44.2 Å². The summed E-state index contributed by atoms with van der Waals surface area (Å²) in [7, 11) is -3.02. The summed E-state index contributed by atoms with van der Waals surface area (Å²) in [5, 5.41) is 6.87. The Labute approximate surface area is 151 Å². The van der Waals surface area contributed by atoms with E-state index in [1.165, 1.54) is 0 Å². The lowest BCUT2D eigenvalue weighted by molar-refractivity contribution is -0.126. The van der Waals surface area contributed by atoms with Crippen molar-refractivity contribution in [3.63, 3.8) is 0 Å². The number of hydrogen-bond donors (Lipinski definition) is 1. The van der Waals surface area contributed by atoms with E-state index in [9.17, 15) is 13.2 Å². The van der Waals surface area contributed by atoms with E-state index < -0.39 is 9.84 Å². The number of benzene rings is 2. The van der Waals surface area contributed by atoms with Crippen LogP contribution in [0.5, 0.6) is 0 Å². The van der Waals surface area contributed by atoms with Crippen molar-refractivity contribution in [3.05, 3.63) is 59.7 Å². The molecule has 1 N–H and O–H groups in total. The maximum absolute atomic E-state index is 12.0. The molecule has 6 nitrogen and oxygen atoms in total. The topological polar surface area (TPSA) is 84.8 Å². The Morgan fingerprint density at radius 2 is 1.62 bits per heavy atom. The molecule has 0 radical (unpaired) electrons. The first kappa shape index (κ1) is 16.8. The minimum absolute atomic E-state index is 0.00594. The summed E-state index contributed by atoms with van der Waals surface area (Å²) < 4.78 is 22.9. The van der Waals surface area contributed by atoms with E-state index in [0.717, 1.165) is 22.3 Å². The highest BCUT2D eigenvalue weighted by Crippen LogP contribution is 2.36. The Balaban J connectivity index is 1.45. The molecule has 134 valence electrons. The van der Waals surface area contributed by atoms with Crippen LogP contribution >= 0.6 is 0 Å². The van der Waals surface area contributed by atoms with Gasteiger partial charge in [0.2, 0.25) is 0 Å². The molecule has 1 saturated heterocycles. The van der Waals surface area contributed by atoms with E-state index in [1.54, 1.807) is 0 Å². The minimum Gasteiger partial charge on any atom is -0.385 e. The van der Waals surface area contributed by atoms with E-state index in [2.05, 4.69) is 10.5 Å². The van der Waals surface area contributed by atoms with Crippen molar-refractivity contribution < 1.29 is 18.0 Å². The molecule has 1 fully saturated rings. The second-order valence-electron chi connectivity index (χ2n) is 6.47. The lowest BCUT2D eigenvalue weighted by atomic mass is 10.1. The van der Waals surface area contributed by atoms with Gasteiger partial charge in [-0.1, -0.05) is 53.7 Å². The Hall–Kier alpha value is -2.67. The number of carbonyl (C=O) groups excluding carboxylic acids is 1. The Morgan fingerprint density at radius 1 is 1.04 bits per heavy atom. The number of fused-ring (bicyclic) bond motifs is 3.